The standard InChI is InChI=1S/C8H6ClF2NO2/c9-3-5-4(7(10)11)1-2-12-6(5)8(13)14/h1-2,7H,3H2,(H,13,14). The van der Waals surface area contributed by atoms with Crippen LogP contribution in [0.4, 0.5) is 8.78 Å². The number of halogens is 3. The second kappa shape index (κ2) is 4.32. The molecule has 0 aliphatic rings. The van der Waals surface area contributed by atoms with Gasteiger partial charge in [0.1, 0.15) is 0 Å². The molecule has 0 aliphatic carbocycles. The molecule has 0 saturated heterocycles. The summed E-state index contributed by atoms with van der Waals surface area (Å²) in [6, 6.07) is 1.06. The van der Waals surface area contributed by atoms with Crippen LogP contribution in [0.3, 0.4) is 0 Å². The summed E-state index contributed by atoms with van der Waals surface area (Å²) < 4.78 is 24.8. The lowest BCUT2D eigenvalue weighted by molar-refractivity contribution is 0.0688. The SMILES string of the molecule is O=C(O)c1nccc(C(F)F)c1CCl. The van der Waals surface area contributed by atoms with Gasteiger partial charge in [-0.2, -0.15) is 0 Å². The maximum atomic E-state index is 12.4. The van der Waals surface area contributed by atoms with E-state index in [0.717, 1.165) is 12.3 Å². The van der Waals surface area contributed by atoms with Crippen LogP contribution in [0.1, 0.15) is 28.0 Å². The molecule has 0 atom stereocenters. The van der Waals surface area contributed by atoms with Crippen molar-refractivity contribution in [1.82, 2.24) is 4.98 Å². The second-order valence-electron chi connectivity index (χ2n) is 2.47. The van der Waals surface area contributed by atoms with Gasteiger partial charge in [0, 0.05) is 17.3 Å². The fourth-order valence-corrected chi connectivity index (χ4v) is 1.32. The van der Waals surface area contributed by atoms with Gasteiger partial charge in [-0.05, 0) is 6.07 Å². The van der Waals surface area contributed by atoms with Crippen LogP contribution < -0.4 is 0 Å². The molecule has 1 rings (SSSR count). The van der Waals surface area contributed by atoms with Gasteiger partial charge >= 0.3 is 5.97 Å². The predicted molar refractivity (Wildman–Crippen MR) is 45.7 cm³/mol. The fraction of sp³-hybridized carbons (Fsp3) is 0.250. The lowest BCUT2D eigenvalue weighted by Crippen LogP contribution is -2.07. The first-order chi connectivity index (χ1) is 6.57. The Morgan fingerprint density at radius 2 is 2.29 bits per heavy atom. The van der Waals surface area contributed by atoms with Crippen molar-refractivity contribution in [1.29, 1.82) is 0 Å². The van der Waals surface area contributed by atoms with Crippen LogP contribution in [0.2, 0.25) is 0 Å². The van der Waals surface area contributed by atoms with Gasteiger partial charge in [-0.15, -0.1) is 11.6 Å². The third-order valence-corrected chi connectivity index (χ3v) is 1.93. The summed E-state index contributed by atoms with van der Waals surface area (Å²) >= 11 is 5.39. The number of hydrogen-bond acceptors (Lipinski definition) is 2. The van der Waals surface area contributed by atoms with Crippen LogP contribution >= 0.6 is 11.6 Å². The highest BCUT2D eigenvalue weighted by Gasteiger charge is 2.19. The molecular formula is C8H6ClF2NO2. The van der Waals surface area contributed by atoms with Gasteiger partial charge in [0.05, 0.1) is 5.88 Å². The molecule has 0 aliphatic heterocycles. The lowest BCUT2D eigenvalue weighted by atomic mass is 10.1. The van der Waals surface area contributed by atoms with E-state index in [4.69, 9.17) is 16.7 Å². The Balaban J connectivity index is 3.32. The molecule has 0 unspecified atom stereocenters. The van der Waals surface area contributed by atoms with Crippen LogP contribution in [0, 0.1) is 0 Å². The fourth-order valence-electron chi connectivity index (χ4n) is 1.04. The van der Waals surface area contributed by atoms with Crippen molar-refractivity contribution in [3.05, 3.63) is 29.1 Å². The van der Waals surface area contributed by atoms with Crippen molar-refractivity contribution >= 4 is 17.6 Å². The zero-order valence-electron chi connectivity index (χ0n) is 6.88. The zero-order valence-corrected chi connectivity index (χ0v) is 7.63. The number of aromatic nitrogens is 1. The van der Waals surface area contributed by atoms with Gasteiger partial charge < -0.3 is 5.11 Å². The van der Waals surface area contributed by atoms with E-state index >= 15 is 0 Å². The molecule has 0 amide bonds. The minimum atomic E-state index is -2.75. The van der Waals surface area contributed by atoms with Crippen LogP contribution in [0.15, 0.2) is 12.3 Å². The van der Waals surface area contributed by atoms with Crippen molar-refractivity contribution in [3.8, 4) is 0 Å². The van der Waals surface area contributed by atoms with Crippen molar-refractivity contribution in [2.24, 2.45) is 0 Å². The van der Waals surface area contributed by atoms with E-state index in [-0.39, 0.29) is 17.0 Å². The van der Waals surface area contributed by atoms with Gasteiger partial charge in [-0.3, -0.25) is 0 Å². The van der Waals surface area contributed by atoms with Crippen LogP contribution in [-0.2, 0) is 5.88 Å². The highest BCUT2D eigenvalue weighted by atomic mass is 35.5. The molecule has 0 spiro atoms. The molecule has 0 saturated carbocycles. The smallest absolute Gasteiger partial charge is 0.354 e. The topological polar surface area (TPSA) is 50.2 Å². The Kier molecular flexibility index (Phi) is 3.35. The Labute approximate surface area is 83.3 Å². The molecule has 1 aromatic rings. The minimum absolute atomic E-state index is 0.128. The van der Waals surface area contributed by atoms with Gasteiger partial charge in [-0.1, -0.05) is 0 Å². The van der Waals surface area contributed by atoms with E-state index < -0.39 is 18.1 Å². The number of rotatable bonds is 3. The average molecular weight is 222 g/mol. The molecule has 1 N–H and O–H groups in total. The maximum Gasteiger partial charge on any atom is 0.354 e. The van der Waals surface area contributed by atoms with Crippen molar-refractivity contribution in [3.63, 3.8) is 0 Å². The monoisotopic (exact) mass is 221 g/mol. The van der Waals surface area contributed by atoms with Gasteiger partial charge in [0.2, 0.25) is 0 Å². The zero-order chi connectivity index (χ0) is 10.7. The highest BCUT2D eigenvalue weighted by molar-refractivity contribution is 6.17. The molecule has 14 heavy (non-hydrogen) atoms. The molecule has 76 valence electrons. The van der Waals surface area contributed by atoms with Gasteiger partial charge in [0.25, 0.3) is 6.43 Å². The molecule has 6 heteroatoms. The Morgan fingerprint density at radius 3 is 2.71 bits per heavy atom. The number of aromatic carboxylic acids is 1. The van der Waals surface area contributed by atoms with Crippen molar-refractivity contribution < 1.29 is 18.7 Å². The summed E-state index contributed by atoms with van der Waals surface area (Å²) in [5.41, 5.74) is -0.929. The lowest BCUT2D eigenvalue weighted by Gasteiger charge is -2.07. The summed E-state index contributed by atoms with van der Waals surface area (Å²) in [5, 5.41) is 8.64. The first-order valence-electron chi connectivity index (χ1n) is 3.63. The second-order valence-corrected chi connectivity index (χ2v) is 2.73. The summed E-state index contributed by atoms with van der Waals surface area (Å²) in [4.78, 5) is 14.1. The van der Waals surface area contributed by atoms with Crippen molar-refractivity contribution in [2.75, 3.05) is 0 Å². The van der Waals surface area contributed by atoms with Crippen molar-refractivity contribution in [2.45, 2.75) is 12.3 Å². The summed E-state index contributed by atoms with van der Waals surface area (Å²) in [6.07, 6.45) is -1.72. The minimum Gasteiger partial charge on any atom is -0.477 e. The van der Waals surface area contributed by atoms with Crippen LogP contribution in [0.25, 0.3) is 0 Å². The predicted octanol–water partition coefficient (Wildman–Crippen LogP) is 2.46. The summed E-state index contributed by atoms with van der Waals surface area (Å²) in [5.74, 6) is -1.65. The maximum absolute atomic E-state index is 12.4. The molecule has 0 aromatic carbocycles. The van der Waals surface area contributed by atoms with E-state index in [1.165, 1.54) is 0 Å². The molecule has 1 aromatic heterocycles. The Hall–Kier alpha value is -1.23. The van der Waals surface area contributed by atoms with E-state index in [1.54, 1.807) is 0 Å². The largest absolute Gasteiger partial charge is 0.477 e. The molecule has 0 bridgehead atoms. The first-order valence-corrected chi connectivity index (χ1v) is 4.16. The first kappa shape index (κ1) is 10.8. The number of pyridine rings is 1. The number of hydrogen-bond donors (Lipinski definition) is 1. The number of nitrogens with zero attached hydrogens (tertiary/aromatic N) is 1. The summed E-state index contributed by atoms with van der Waals surface area (Å²) in [7, 11) is 0. The number of carboxylic acids is 1. The van der Waals surface area contributed by atoms with Crippen LogP contribution in [0.5, 0.6) is 0 Å². The van der Waals surface area contributed by atoms with Gasteiger partial charge in [-0.25, -0.2) is 18.6 Å². The van der Waals surface area contributed by atoms with E-state index in [2.05, 4.69) is 4.98 Å². The Morgan fingerprint density at radius 1 is 1.64 bits per heavy atom. The molecular weight excluding hydrogens is 216 g/mol. The third-order valence-electron chi connectivity index (χ3n) is 1.66. The normalized spacial score (nSPS) is 10.6. The van der Waals surface area contributed by atoms with Gasteiger partial charge in [0.15, 0.2) is 5.69 Å². The molecule has 1 heterocycles. The van der Waals surface area contributed by atoms with E-state index in [9.17, 15) is 13.6 Å². The Bertz CT molecular complexity index is 357. The highest BCUT2D eigenvalue weighted by Crippen LogP contribution is 2.25. The van der Waals surface area contributed by atoms with E-state index in [1.807, 2.05) is 0 Å². The quantitative estimate of drug-likeness (QED) is 0.798. The van der Waals surface area contributed by atoms with E-state index in [0.29, 0.717) is 0 Å². The average Bonchev–Trinajstić information content (AvgIpc) is 2.16. The number of carboxylic acid groups (broad SMARTS) is 1. The third kappa shape index (κ3) is 1.98. The molecule has 3 nitrogen and oxygen atoms in total. The van der Waals surface area contributed by atoms with Crippen LogP contribution in [-0.4, -0.2) is 16.1 Å². The molecule has 0 radical (unpaired) electrons. The summed E-state index contributed by atoms with van der Waals surface area (Å²) in [6.45, 7) is 0. The molecule has 0 fully saturated rings. The number of alkyl halides is 3. The number of carbonyl (C=O) groups is 1.